The van der Waals surface area contributed by atoms with Crippen LogP contribution in [0.25, 0.3) is 6.08 Å². The van der Waals surface area contributed by atoms with Crippen molar-refractivity contribution >= 4 is 23.6 Å². The first-order chi connectivity index (χ1) is 9.65. The van der Waals surface area contributed by atoms with E-state index in [1.807, 2.05) is 0 Å². The first-order valence-electron chi connectivity index (χ1n) is 5.74. The van der Waals surface area contributed by atoms with Crippen LogP contribution in [0, 0.1) is 0 Å². The highest BCUT2D eigenvalue weighted by Gasteiger charge is 2.04. The van der Waals surface area contributed by atoms with Crippen molar-refractivity contribution in [2.45, 2.75) is 6.61 Å². The minimum Gasteiger partial charge on any atom is -0.485 e. The van der Waals surface area contributed by atoms with Crippen LogP contribution in [0.1, 0.15) is 11.4 Å². The van der Waals surface area contributed by atoms with Crippen molar-refractivity contribution in [2.75, 3.05) is 0 Å². The number of nitrogens with zero attached hydrogens (tertiary/aromatic N) is 2. The largest absolute Gasteiger partial charge is 0.485 e. The number of ether oxygens (including phenoxy) is 1. The van der Waals surface area contributed by atoms with Crippen LogP contribution in [0.2, 0.25) is 5.02 Å². The standard InChI is InChI=1S/C14H11ClN2O3/c15-11-3-4-12(10(8-11)2-5-14(18)19)20-9-13-16-6-1-7-17-13/h1-8H,9H2,(H,18,19). The van der Waals surface area contributed by atoms with Crippen molar-refractivity contribution in [2.24, 2.45) is 0 Å². The van der Waals surface area contributed by atoms with Gasteiger partial charge in [0.25, 0.3) is 0 Å². The van der Waals surface area contributed by atoms with E-state index in [9.17, 15) is 4.79 Å². The Morgan fingerprint density at radius 1 is 1.35 bits per heavy atom. The van der Waals surface area contributed by atoms with Crippen LogP contribution >= 0.6 is 11.6 Å². The summed E-state index contributed by atoms with van der Waals surface area (Å²) in [6, 6.07) is 6.68. The molecule has 0 bridgehead atoms. The molecule has 0 unspecified atom stereocenters. The number of carboxylic acid groups (broad SMARTS) is 1. The normalized spacial score (nSPS) is 10.7. The van der Waals surface area contributed by atoms with Gasteiger partial charge in [0.2, 0.25) is 0 Å². The molecule has 0 aliphatic carbocycles. The molecule has 5 nitrogen and oxygen atoms in total. The zero-order chi connectivity index (χ0) is 14.4. The Morgan fingerprint density at radius 3 is 2.80 bits per heavy atom. The van der Waals surface area contributed by atoms with Crippen LogP contribution in [0.3, 0.4) is 0 Å². The molecule has 0 fully saturated rings. The van der Waals surface area contributed by atoms with Crippen LogP contribution in [-0.4, -0.2) is 21.0 Å². The Labute approximate surface area is 120 Å². The maximum Gasteiger partial charge on any atom is 0.328 e. The zero-order valence-corrected chi connectivity index (χ0v) is 11.1. The summed E-state index contributed by atoms with van der Waals surface area (Å²) < 4.78 is 5.58. The third kappa shape index (κ3) is 4.07. The maximum absolute atomic E-state index is 10.6. The second-order valence-electron chi connectivity index (χ2n) is 3.81. The zero-order valence-electron chi connectivity index (χ0n) is 10.4. The Bertz CT molecular complexity index is 630. The number of rotatable bonds is 5. The van der Waals surface area contributed by atoms with E-state index in [1.54, 1.807) is 36.7 Å². The van der Waals surface area contributed by atoms with Gasteiger partial charge in [0.05, 0.1) is 0 Å². The Balaban J connectivity index is 2.16. The average molecular weight is 291 g/mol. The number of aromatic nitrogens is 2. The minimum atomic E-state index is -1.04. The van der Waals surface area contributed by atoms with Crippen molar-refractivity contribution in [1.82, 2.24) is 9.97 Å². The molecule has 1 aromatic carbocycles. The SMILES string of the molecule is O=C(O)C=Cc1cc(Cl)ccc1OCc1ncccn1. The quantitative estimate of drug-likeness (QED) is 0.857. The highest BCUT2D eigenvalue weighted by molar-refractivity contribution is 6.30. The predicted molar refractivity (Wildman–Crippen MR) is 74.5 cm³/mol. The van der Waals surface area contributed by atoms with Gasteiger partial charge in [-0.25, -0.2) is 14.8 Å². The maximum atomic E-state index is 10.6. The molecule has 1 aromatic heterocycles. The van der Waals surface area contributed by atoms with Crippen molar-refractivity contribution in [1.29, 1.82) is 0 Å². The van der Waals surface area contributed by atoms with Gasteiger partial charge in [-0.15, -0.1) is 0 Å². The van der Waals surface area contributed by atoms with Crippen LogP contribution in [0.5, 0.6) is 5.75 Å². The molecule has 0 spiro atoms. The summed E-state index contributed by atoms with van der Waals surface area (Å²) in [6.45, 7) is 0.191. The Morgan fingerprint density at radius 2 is 2.10 bits per heavy atom. The fourth-order valence-corrected chi connectivity index (χ4v) is 1.67. The number of aliphatic carboxylic acids is 1. The van der Waals surface area contributed by atoms with Gasteiger partial charge >= 0.3 is 5.97 Å². The molecular formula is C14H11ClN2O3. The topological polar surface area (TPSA) is 72.3 Å². The molecule has 2 rings (SSSR count). The molecule has 6 heteroatoms. The monoisotopic (exact) mass is 290 g/mol. The number of carboxylic acids is 1. The van der Waals surface area contributed by atoms with Gasteiger partial charge in [-0.3, -0.25) is 0 Å². The lowest BCUT2D eigenvalue weighted by atomic mass is 10.2. The van der Waals surface area contributed by atoms with E-state index in [1.165, 1.54) is 6.08 Å². The Kier molecular flexibility index (Phi) is 4.68. The summed E-state index contributed by atoms with van der Waals surface area (Å²) in [4.78, 5) is 18.6. The van der Waals surface area contributed by atoms with Crippen molar-refractivity contribution in [3.05, 3.63) is 59.1 Å². The summed E-state index contributed by atoms with van der Waals surface area (Å²) in [7, 11) is 0. The van der Waals surface area contributed by atoms with Crippen LogP contribution < -0.4 is 4.74 Å². The molecule has 20 heavy (non-hydrogen) atoms. The number of halogens is 1. The van der Waals surface area contributed by atoms with E-state index in [2.05, 4.69) is 9.97 Å². The molecule has 1 N–H and O–H groups in total. The summed E-state index contributed by atoms with van der Waals surface area (Å²) in [5.74, 6) is 0.0114. The van der Waals surface area contributed by atoms with Gasteiger partial charge in [0, 0.05) is 29.1 Å². The van der Waals surface area contributed by atoms with Crippen molar-refractivity contribution in [3.63, 3.8) is 0 Å². The summed E-state index contributed by atoms with van der Waals surface area (Å²) in [6.07, 6.45) is 5.70. The molecule has 0 aliphatic heterocycles. The van der Waals surface area contributed by atoms with E-state index in [4.69, 9.17) is 21.4 Å². The van der Waals surface area contributed by atoms with Gasteiger partial charge in [-0.1, -0.05) is 11.6 Å². The van der Waals surface area contributed by atoms with Crippen LogP contribution in [-0.2, 0) is 11.4 Å². The van der Waals surface area contributed by atoms with Crippen LogP contribution in [0.4, 0.5) is 0 Å². The highest BCUT2D eigenvalue weighted by atomic mass is 35.5. The third-order valence-corrected chi connectivity index (χ3v) is 2.59. The fourth-order valence-electron chi connectivity index (χ4n) is 1.49. The van der Waals surface area contributed by atoms with Gasteiger partial charge in [-0.05, 0) is 30.3 Å². The number of carbonyl (C=O) groups is 1. The lowest BCUT2D eigenvalue weighted by molar-refractivity contribution is -0.131. The second kappa shape index (κ2) is 6.68. The molecule has 0 saturated carbocycles. The van der Waals surface area contributed by atoms with Gasteiger partial charge in [-0.2, -0.15) is 0 Å². The highest BCUT2D eigenvalue weighted by Crippen LogP contribution is 2.24. The summed E-state index contributed by atoms with van der Waals surface area (Å²) in [5.41, 5.74) is 0.579. The lowest BCUT2D eigenvalue weighted by Crippen LogP contribution is -2.01. The van der Waals surface area contributed by atoms with E-state index >= 15 is 0 Å². The molecule has 2 aromatic rings. The fraction of sp³-hybridized carbons (Fsp3) is 0.0714. The number of hydrogen-bond acceptors (Lipinski definition) is 4. The number of hydrogen-bond donors (Lipinski definition) is 1. The molecule has 0 aliphatic rings. The lowest BCUT2D eigenvalue weighted by Gasteiger charge is -2.08. The predicted octanol–water partition coefficient (Wildman–Crippen LogP) is 2.81. The molecule has 0 atom stereocenters. The smallest absolute Gasteiger partial charge is 0.328 e. The molecule has 0 radical (unpaired) electrons. The molecular weight excluding hydrogens is 280 g/mol. The third-order valence-electron chi connectivity index (χ3n) is 2.35. The average Bonchev–Trinajstić information content (AvgIpc) is 2.45. The first kappa shape index (κ1) is 14.0. The van der Waals surface area contributed by atoms with E-state index < -0.39 is 5.97 Å². The van der Waals surface area contributed by atoms with E-state index in [0.717, 1.165) is 6.08 Å². The van der Waals surface area contributed by atoms with Crippen LogP contribution in [0.15, 0.2) is 42.7 Å². The minimum absolute atomic E-state index is 0.191. The molecule has 0 amide bonds. The van der Waals surface area contributed by atoms with Crippen molar-refractivity contribution < 1.29 is 14.6 Å². The van der Waals surface area contributed by atoms with Crippen molar-refractivity contribution in [3.8, 4) is 5.75 Å². The van der Waals surface area contributed by atoms with Gasteiger partial charge < -0.3 is 9.84 Å². The molecule has 102 valence electrons. The summed E-state index contributed by atoms with van der Waals surface area (Å²) >= 11 is 5.89. The Hall–Kier alpha value is -2.40. The molecule has 0 saturated heterocycles. The molecule has 1 heterocycles. The second-order valence-corrected chi connectivity index (χ2v) is 4.24. The van der Waals surface area contributed by atoms with Gasteiger partial charge in [0.15, 0.2) is 5.82 Å². The van der Waals surface area contributed by atoms with E-state index in [0.29, 0.717) is 22.2 Å². The summed E-state index contributed by atoms with van der Waals surface area (Å²) in [5, 5.41) is 9.16. The van der Waals surface area contributed by atoms with Gasteiger partial charge in [0.1, 0.15) is 12.4 Å². The first-order valence-corrected chi connectivity index (χ1v) is 6.12. The van der Waals surface area contributed by atoms with E-state index in [-0.39, 0.29) is 6.61 Å². The number of benzene rings is 1.